The van der Waals surface area contributed by atoms with Gasteiger partial charge in [0.25, 0.3) is 0 Å². The summed E-state index contributed by atoms with van der Waals surface area (Å²) in [5.74, 6) is 4.42. The molecule has 9 unspecified atom stereocenters. The zero-order chi connectivity index (χ0) is 18.0. The first kappa shape index (κ1) is 18.0. The Kier molecular flexibility index (Phi) is 4.35. The molecule has 4 rings (SSSR count). The third-order valence-electron chi connectivity index (χ3n) is 9.15. The fourth-order valence-corrected chi connectivity index (χ4v) is 8.04. The van der Waals surface area contributed by atoms with Crippen LogP contribution in [0.2, 0.25) is 0 Å². The number of aliphatic hydroxyl groups is 1. The van der Waals surface area contributed by atoms with Gasteiger partial charge in [0.05, 0.1) is 11.7 Å². The van der Waals surface area contributed by atoms with E-state index < -0.39 is 5.60 Å². The molecule has 0 aliphatic heterocycles. The van der Waals surface area contributed by atoms with Crippen LogP contribution in [0.5, 0.6) is 0 Å². The molecule has 3 heteroatoms. The van der Waals surface area contributed by atoms with Crippen LogP contribution in [0.3, 0.4) is 0 Å². The number of Topliss-reactive ketones (excluding diaryl/α,β-unsaturated/α-hetero) is 1. The molecule has 0 bridgehead atoms. The molecule has 0 aromatic rings. The van der Waals surface area contributed by atoms with E-state index in [-0.39, 0.29) is 11.5 Å². The molecule has 0 heterocycles. The quantitative estimate of drug-likeness (QED) is 0.813. The van der Waals surface area contributed by atoms with Gasteiger partial charge < -0.3 is 9.84 Å². The van der Waals surface area contributed by atoms with Crippen LogP contribution in [-0.4, -0.2) is 29.7 Å². The number of methoxy groups -OCH3 is 1. The van der Waals surface area contributed by atoms with Gasteiger partial charge in [0.2, 0.25) is 0 Å². The minimum atomic E-state index is -0.668. The van der Waals surface area contributed by atoms with E-state index in [1.807, 2.05) is 13.8 Å². The fourth-order valence-electron chi connectivity index (χ4n) is 8.04. The van der Waals surface area contributed by atoms with Crippen LogP contribution < -0.4 is 0 Å². The molecule has 25 heavy (non-hydrogen) atoms. The molecule has 0 aromatic carbocycles. The zero-order valence-electron chi connectivity index (χ0n) is 16.5. The Hall–Kier alpha value is -0.410. The molecular formula is C22H36O3. The second kappa shape index (κ2) is 6.05. The highest BCUT2D eigenvalue weighted by molar-refractivity contribution is 5.79. The van der Waals surface area contributed by atoms with Crippen molar-refractivity contribution in [2.24, 2.45) is 40.9 Å². The third kappa shape index (κ3) is 2.64. The van der Waals surface area contributed by atoms with Crippen LogP contribution in [0.4, 0.5) is 0 Å². The Morgan fingerprint density at radius 1 is 1.04 bits per heavy atom. The van der Waals surface area contributed by atoms with Gasteiger partial charge in [-0.3, -0.25) is 4.79 Å². The normalized spacial score (nSPS) is 55.2. The summed E-state index contributed by atoms with van der Waals surface area (Å²) in [4.78, 5) is 12.2. The fraction of sp³-hybridized carbons (Fsp3) is 0.955. The third-order valence-corrected chi connectivity index (χ3v) is 9.15. The number of ether oxygens (including phenoxy) is 1. The molecule has 0 aromatic heterocycles. The molecule has 4 saturated carbocycles. The highest BCUT2D eigenvalue weighted by Gasteiger charge is 2.59. The van der Waals surface area contributed by atoms with Gasteiger partial charge in [0.1, 0.15) is 5.78 Å². The van der Waals surface area contributed by atoms with Gasteiger partial charge in [0.15, 0.2) is 0 Å². The van der Waals surface area contributed by atoms with Crippen LogP contribution in [0.15, 0.2) is 0 Å². The van der Waals surface area contributed by atoms with E-state index in [0.717, 1.165) is 37.0 Å². The number of ketones is 1. The number of hydrogen-bond acceptors (Lipinski definition) is 3. The smallest absolute Gasteiger partial charge is 0.133 e. The summed E-state index contributed by atoms with van der Waals surface area (Å²) in [7, 11) is 1.76. The maximum absolute atomic E-state index is 12.2. The summed E-state index contributed by atoms with van der Waals surface area (Å²) in [5, 5.41) is 10.8. The second-order valence-corrected chi connectivity index (χ2v) is 10.2. The Morgan fingerprint density at radius 3 is 2.48 bits per heavy atom. The van der Waals surface area contributed by atoms with Crippen LogP contribution in [0.1, 0.15) is 72.1 Å². The molecule has 9 atom stereocenters. The first-order chi connectivity index (χ1) is 11.8. The van der Waals surface area contributed by atoms with E-state index in [1.165, 1.54) is 32.1 Å². The average molecular weight is 349 g/mol. The highest BCUT2D eigenvalue weighted by Crippen LogP contribution is 2.64. The van der Waals surface area contributed by atoms with E-state index in [2.05, 4.69) is 6.92 Å². The van der Waals surface area contributed by atoms with Crippen LogP contribution >= 0.6 is 0 Å². The number of carbonyl (C=O) groups is 1. The maximum atomic E-state index is 12.2. The Balaban J connectivity index is 1.57. The Bertz CT molecular complexity index is 541. The van der Waals surface area contributed by atoms with Crippen molar-refractivity contribution in [1.29, 1.82) is 0 Å². The lowest BCUT2D eigenvalue weighted by molar-refractivity contribution is -0.165. The number of carbonyl (C=O) groups excluding carboxylic acids is 1. The van der Waals surface area contributed by atoms with Gasteiger partial charge >= 0.3 is 0 Å². The van der Waals surface area contributed by atoms with E-state index in [1.54, 1.807) is 7.11 Å². The van der Waals surface area contributed by atoms with Crippen molar-refractivity contribution in [2.75, 3.05) is 7.11 Å². The van der Waals surface area contributed by atoms with E-state index in [4.69, 9.17) is 4.74 Å². The standard InChI is InChI=1S/C22H36O3/c1-13(23)18-7-8-19-16-6-5-14-12-22(3,24)20(25-4)11-17(14)15(16)9-10-21(18,19)2/h14-20,24H,5-12H2,1-4H3. The number of rotatable bonds is 2. The molecule has 3 nitrogen and oxygen atoms in total. The van der Waals surface area contributed by atoms with Crippen molar-refractivity contribution < 1.29 is 14.6 Å². The van der Waals surface area contributed by atoms with Crippen molar-refractivity contribution in [2.45, 2.75) is 83.8 Å². The molecule has 0 radical (unpaired) electrons. The summed E-state index contributed by atoms with van der Waals surface area (Å²) in [6.07, 6.45) is 9.34. The summed E-state index contributed by atoms with van der Waals surface area (Å²) in [5.41, 5.74) is -0.417. The van der Waals surface area contributed by atoms with E-state index in [0.29, 0.717) is 23.5 Å². The van der Waals surface area contributed by atoms with Crippen LogP contribution in [-0.2, 0) is 9.53 Å². The van der Waals surface area contributed by atoms with Gasteiger partial charge in [-0.2, -0.15) is 0 Å². The molecule has 4 aliphatic rings. The van der Waals surface area contributed by atoms with Crippen molar-refractivity contribution in [3.05, 3.63) is 0 Å². The van der Waals surface area contributed by atoms with Gasteiger partial charge in [-0.15, -0.1) is 0 Å². The SMILES string of the molecule is COC1CC2C(CCC3C2CCC2(C)C(C(C)=O)CCC32)CC1(C)O. The van der Waals surface area contributed by atoms with Gasteiger partial charge in [-0.1, -0.05) is 6.92 Å². The van der Waals surface area contributed by atoms with Crippen molar-refractivity contribution >= 4 is 5.78 Å². The first-order valence-corrected chi connectivity index (χ1v) is 10.5. The predicted molar refractivity (Wildman–Crippen MR) is 98.1 cm³/mol. The predicted octanol–water partition coefficient (Wildman–Crippen LogP) is 4.22. The molecule has 142 valence electrons. The monoisotopic (exact) mass is 348 g/mol. The van der Waals surface area contributed by atoms with Crippen molar-refractivity contribution in [1.82, 2.24) is 0 Å². The van der Waals surface area contributed by atoms with Crippen molar-refractivity contribution in [3.63, 3.8) is 0 Å². The topological polar surface area (TPSA) is 46.5 Å². The maximum Gasteiger partial charge on any atom is 0.133 e. The minimum absolute atomic E-state index is 0.0191. The summed E-state index contributed by atoms with van der Waals surface area (Å²) < 4.78 is 5.70. The Labute approximate surface area is 152 Å². The van der Waals surface area contributed by atoms with Crippen LogP contribution in [0, 0.1) is 40.9 Å². The molecule has 0 saturated heterocycles. The lowest BCUT2D eigenvalue weighted by Gasteiger charge is -2.57. The first-order valence-electron chi connectivity index (χ1n) is 10.5. The van der Waals surface area contributed by atoms with E-state index >= 15 is 0 Å². The van der Waals surface area contributed by atoms with Gasteiger partial charge in [-0.05, 0) is 100 Å². The lowest BCUT2D eigenvalue weighted by atomic mass is 9.48. The Morgan fingerprint density at radius 2 is 1.80 bits per heavy atom. The summed E-state index contributed by atoms with van der Waals surface area (Å²) in [6.45, 7) is 6.20. The summed E-state index contributed by atoms with van der Waals surface area (Å²) >= 11 is 0. The van der Waals surface area contributed by atoms with Crippen molar-refractivity contribution in [3.8, 4) is 0 Å². The van der Waals surface area contributed by atoms with Crippen LogP contribution in [0.25, 0.3) is 0 Å². The molecule has 0 amide bonds. The van der Waals surface area contributed by atoms with E-state index in [9.17, 15) is 9.90 Å². The van der Waals surface area contributed by atoms with Gasteiger partial charge in [0, 0.05) is 13.0 Å². The second-order valence-electron chi connectivity index (χ2n) is 10.2. The highest BCUT2D eigenvalue weighted by atomic mass is 16.5. The number of fused-ring (bicyclic) bond motifs is 5. The molecule has 1 N–H and O–H groups in total. The largest absolute Gasteiger partial charge is 0.387 e. The van der Waals surface area contributed by atoms with Gasteiger partial charge in [-0.25, -0.2) is 0 Å². The molecule has 4 fully saturated rings. The lowest BCUT2D eigenvalue weighted by Crippen LogP contribution is -2.55. The average Bonchev–Trinajstić information content (AvgIpc) is 2.90. The molecular weight excluding hydrogens is 312 g/mol. The molecule has 0 spiro atoms. The summed E-state index contributed by atoms with van der Waals surface area (Å²) in [6, 6.07) is 0. The zero-order valence-corrected chi connectivity index (χ0v) is 16.5. The molecule has 4 aliphatic carbocycles. The number of hydrogen-bond donors (Lipinski definition) is 1. The minimum Gasteiger partial charge on any atom is -0.387 e.